The summed E-state index contributed by atoms with van der Waals surface area (Å²) in [6, 6.07) is 0.642. The number of nitrogens with two attached hydrogens (primary N) is 1. The summed E-state index contributed by atoms with van der Waals surface area (Å²) < 4.78 is 0. The molecule has 1 heterocycles. The Morgan fingerprint density at radius 1 is 1.25 bits per heavy atom. The molecule has 3 atom stereocenters. The molecule has 1 aliphatic heterocycles. The van der Waals surface area contributed by atoms with Crippen molar-refractivity contribution in [1.29, 1.82) is 0 Å². The predicted octanol–water partition coefficient (Wildman–Crippen LogP) is 1.69. The number of hydrogen-bond acceptors (Lipinski definition) is 3. The van der Waals surface area contributed by atoms with Crippen LogP contribution in [0.2, 0.25) is 0 Å². The van der Waals surface area contributed by atoms with Crippen molar-refractivity contribution in [1.82, 2.24) is 9.80 Å². The third kappa shape index (κ3) is 3.73. The van der Waals surface area contributed by atoms with Crippen LogP contribution in [0.5, 0.6) is 0 Å². The second-order valence-electron chi connectivity index (χ2n) is 6.58. The number of nitrogens with zero attached hydrogens (tertiary/aromatic N) is 2. The first kappa shape index (κ1) is 15.8. The van der Waals surface area contributed by atoms with Gasteiger partial charge >= 0.3 is 0 Å². The molecule has 1 aliphatic carbocycles. The first-order valence-electron chi connectivity index (χ1n) is 8.38. The summed E-state index contributed by atoms with van der Waals surface area (Å²) in [5.74, 6) is 1.21. The largest absolute Gasteiger partial charge is 0.340 e. The van der Waals surface area contributed by atoms with E-state index in [9.17, 15) is 4.79 Å². The number of piperazine rings is 1. The SMILES string of the molecule is CCC(C)N1CCN(C(=O)C2CCCC(CN)C2)CC1. The number of rotatable bonds is 4. The van der Waals surface area contributed by atoms with Gasteiger partial charge in [0, 0.05) is 38.1 Å². The maximum absolute atomic E-state index is 12.6. The third-order valence-corrected chi connectivity index (χ3v) is 5.31. The smallest absolute Gasteiger partial charge is 0.225 e. The van der Waals surface area contributed by atoms with Crippen molar-refractivity contribution in [3.63, 3.8) is 0 Å². The van der Waals surface area contributed by atoms with Gasteiger partial charge in [-0.15, -0.1) is 0 Å². The van der Waals surface area contributed by atoms with E-state index >= 15 is 0 Å². The van der Waals surface area contributed by atoms with Crippen LogP contribution < -0.4 is 5.73 Å². The van der Waals surface area contributed by atoms with Crippen molar-refractivity contribution in [2.75, 3.05) is 32.7 Å². The van der Waals surface area contributed by atoms with E-state index in [1.165, 1.54) is 19.3 Å². The quantitative estimate of drug-likeness (QED) is 0.853. The van der Waals surface area contributed by atoms with E-state index in [2.05, 4.69) is 23.6 Å². The zero-order chi connectivity index (χ0) is 14.5. The van der Waals surface area contributed by atoms with E-state index in [0.717, 1.165) is 45.6 Å². The third-order valence-electron chi connectivity index (χ3n) is 5.31. The normalized spacial score (nSPS) is 30.2. The van der Waals surface area contributed by atoms with E-state index in [-0.39, 0.29) is 5.92 Å². The molecule has 1 saturated carbocycles. The highest BCUT2D eigenvalue weighted by atomic mass is 16.2. The van der Waals surface area contributed by atoms with Crippen molar-refractivity contribution in [3.8, 4) is 0 Å². The molecule has 0 aromatic rings. The van der Waals surface area contributed by atoms with Crippen molar-refractivity contribution < 1.29 is 4.79 Å². The fourth-order valence-electron chi connectivity index (χ4n) is 3.63. The zero-order valence-electron chi connectivity index (χ0n) is 13.2. The Morgan fingerprint density at radius 3 is 2.55 bits per heavy atom. The van der Waals surface area contributed by atoms with Gasteiger partial charge in [0.25, 0.3) is 0 Å². The molecule has 116 valence electrons. The summed E-state index contributed by atoms with van der Waals surface area (Å²) in [4.78, 5) is 17.2. The van der Waals surface area contributed by atoms with E-state index in [1.807, 2.05) is 0 Å². The number of amides is 1. The molecule has 2 fully saturated rings. The van der Waals surface area contributed by atoms with Gasteiger partial charge in [-0.05, 0) is 45.1 Å². The van der Waals surface area contributed by atoms with Crippen LogP contribution in [-0.4, -0.2) is 54.5 Å². The zero-order valence-corrected chi connectivity index (χ0v) is 13.2. The van der Waals surface area contributed by atoms with Crippen molar-refractivity contribution >= 4 is 5.91 Å². The Balaban J connectivity index is 1.82. The van der Waals surface area contributed by atoms with Gasteiger partial charge in [-0.1, -0.05) is 13.3 Å². The Morgan fingerprint density at radius 2 is 1.95 bits per heavy atom. The standard InChI is InChI=1S/C16H31N3O/c1-3-13(2)18-7-9-19(10-8-18)16(20)15-6-4-5-14(11-15)12-17/h13-15H,3-12,17H2,1-2H3. The van der Waals surface area contributed by atoms with Crippen LogP contribution in [0, 0.1) is 11.8 Å². The fourth-order valence-corrected chi connectivity index (χ4v) is 3.63. The maximum Gasteiger partial charge on any atom is 0.225 e. The van der Waals surface area contributed by atoms with Gasteiger partial charge in [0.15, 0.2) is 0 Å². The van der Waals surface area contributed by atoms with Crippen LogP contribution in [0.3, 0.4) is 0 Å². The second kappa shape index (κ2) is 7.41. The van der Waals surface area contributed by atoms with E-state index < -0.39 is 0 Å². The minimum absolute atomic E-state index is 0.243. The molecule has 4 nitrogen and oxygen atoms in total. The molecule has 1 amide bonds. The van der Waals surface area contributed by atoms with Crippen molar-refractivity contribution in [2.45, 2.75) is 52.0 Å². The number of hydrogen-bond donors (Lipinski definition) is 1. The lowest BCUT2D eigenvalue weighted by Crippen LogP contribution is -2.52. The lowest BCUT2D eigenvalue weighted by molar-refractivity contribution is -0.139. The lowest BCUT2D eigenvalue weighted by atomic mass is 9.80. The molecule has 2 rings (SSSR count). The van der Waals surface area contributed by atoms with Crippen molar-refractivity contribution in [2.24, 2.45) is 17.6 Å². The summed E-state index contributed by atoms with van der Waals surface area (Å²) in [5.41, 5.74) is 5.78. The number of carbonyl (C=O) groups is 1. The Bertz CT molecular complexity index is 313. The molecule has 20 heavy (non-hydrogen) atoms. The molecular formula is C16H31N3O. The van der Waals surface area contributed by atoms with E-state index in [0.29, 0.717) is 17.9 Å². The predicted molar refractivity (Wildman–Crippen MR) is 82.4 cm³/mol. The summed E-state index contributed by atoms with van der Waals surface area (Å²) in [5, 5.41) is 0. The molecule has 0 aromatic carbocycles. The van der Waals surface area contributed by atoms with Crippen LogP contribution in [0.25, 0.3) is 0 Å². The average Bonchev–Trinajstić information content (AvgIpc) is 2.53. The van der Waals surface area contributed by atoms with E-state index in [1.54, 1.807) is 0 Å². The number of carbonyl (C=O) groups excluding carboxylic acids is 1. The van der Waals surface area contributed by atoms with Gasteiger partial charge in [0.1, 0.15) is 0 Å². The molecule has 2 aliphatic rings. The molecule has 0 aromatic heterocycles. The van der Waals surface area contributed by atoms with E-state index in [4.69, 9.17) is 5.73 Å². The van der Waals surface area contributed by atoms with Crippen LogP contribution in [0.15, 0.2) is 0 Å². The second-order valence-corrected chi connectivity index (χ2v) is 6.58. The summed E-state index contributed by atoms with van der Waals surface area (Å²) in [6.45, 7) is 9.15. The Kier molecular flexibility index (Phi) is 5.85. The van der Waals surface area contributed by atoms with Gasteiger partial charge in [-0.3, -0.25) is 9.69 Å². The van der Waals surface area contributed by atoms with Crippen LogP contribution in [0.4, 0.5) is 0 Å². The first-order valence-corrected chi connectivity index (χ1v) is 8.38. The molecule has 4 heteroatoms. The summed E-state index contributed by atoms with van der Waals surface area (Å²) in [6.07, 6.45) is 5.66. The first-order chi connectivity index (χ1) is 9.65. The van der Waals surface area contributed by atoms with Crippen LogP contribution >= 0.6 is 0 Å². The van der Waals surface area contributed by atoms with Crippen LogP contribution in [-0.2, 0) is 4.79 Å². The highest BCUT2D eigenvalue weighted by Gasteiger charge is 2.31. The minimum Gasteiger partial charge on any atom is -0.340 e. The maximum atomic E-state index is 12.6. The molecular weight excluding hydrogens is 250 g/mol. The molecule has 0 bridgehead atoms. The highest BCUT2D eigenvalue weighted by molar-refractivity contribution is 5.79. The average molecular weight is 281 g/mol. The van der Waals surface area contributed by atoms with Crippen molar-refractivity contribution in [3.05, 3.63) is 0 Å². The monoisotopic (exact) mass is 281 g/mol. The Hall–Kier alpha value is -0.610. The van der Waals surface area contributed by atoms with Gasteiger partial charge < -0.3 is 10.6 Å². The summed E-state index contributed by atoms with van der Waals surface area (Å²) >= 11 is 0. The molecule has 0 spiro atoms. The molecule has 2 N–H and O–H groups in total. The van der Waals surface area contributed by atoms with Gasteiger partial charge in [0.05, 0.1) is 0 Å². The van der Waals surface area contributed by atoms with Gasteiger partial charge in [-0.2, -0.15) is 0 Å². The fraction of sp³-hybridized carbons (Fsp3) is 0.938. The summed E-state index contributed by atoms with van der Waals surface area (Å²) in [7, 11) is 0. The molecule has 1 saturated heterocycles. The molecule has 3 unspecified atom stereocenters. The minimum atomic E-state index is 0.243. The Labute approximate surface area is 123 Å². The lowest BCUT2D eigenvalue weighted by Gasteiger charge is -2.40. The highest BCUT2D eigenvalue weighted by Crippen LogP contribution is 2.30. The van der Waals surface area contributed by atoms with Gasteiger partial charge in [0.2, 0.25) is 5.91 Å². The topological polar surface area (TPSA) is 49.6 Å². The van der Waals surface area contributed by atoms with Gasteiger partial charge in [-0.25, -0.2) is 0 Å². The van der Waals surface area contributed by atoms with Crippen LogP contribution in [0.1, 0.15) is 46.0 Å². The molecule has 0 radical (unpaired) electrons.